The lowest BCUT2D eigenvalue weighted by atomic mass is 10.1. The number of thioether (sulfide) groups is 1. The second-order valence-corrected chi connectivity index (χ2v) is 6.97. The van der Waals surface area contributed by atoms with Gasteiger partial charge < -0.3 is 4.74 Å². The molecular weight excluding hydrogens is 275 g/mol. The summed E-state index contributed by atoms with van der Waals surface area (Å²) in [6.07, 6.45) is 4.10. The molecule has 120 valence electrons. The summed E-state index contributed by atoms with van der Waals surface area (Å²) in [6.45, 7) is 8.69. The summed E-state index contributed by atoms with van der Waals surface area (Å²) in [5, 5.41) is -0.0912. The van der Waals surface area contributed by atoms with Gasteiger partial charge in [0.2, 0.25) is 0 Å². The van der Waals surface area contributed by atoms with Crippen molar-refractivity contribution in [2.75, 3.05) is 12.4 Å². The molecule has 0 fully saturated rings. The maximum atomic E-state index is 13.1. The standard InChI is InChI=1S/C16H31FO2S/c1-5-7-10-19-16(18)15(12-13(3)4)20-11-8-9-14(17)6-2/h13-15H,5-12H2,1-4H3. The zero-order chi connectivity index (χ0) is 15.4. The first-order valence-electron chi connectivity index (χ1n) is 7.93. The molecule has 20 heavy (non-hydrogen) atoms. The van der Waals surface area contributed by atoms with Gasteiger partial charge in [0, 0.05) is 0 Å². The van der Waals surface area contributed by atoms with Gasteiger partial charge in [-0.1, -0.05) is 34.1 Å². The number of unbranched alkanes of at least 4 members (excludes halogenated alkanes) is 1. The molecule has 2 atom stereocenters. The van der Waals surface area contributed by atoms with Crippen LogP contribution in [0.2, 0.25) is 0 Å². The number of carbonyl (C=O) groups is 1. The van der Waals surface area contributed by atoms with Gasteiger partial charge in [-0.15, -0.1) is 11.8 Å². The van der Waals surface area contributed by atoms with Crippen molar-refractivity contribution in [1.29, 1.82) is 0 Å². The highest BCUT2D eigenvalue weighted by Gasteiger charge is 2.21. The van der Waals surface area contributed by atoms with E-state index in [1.165, 1.54) is 0 Å². The van der Waals surface area contributed by atoms with Gasteiger partial charge in [0.15, 0.2) is 0 Å². The highest BCUT2D eigenvalue weighted by atomic mass is 32.2. The van der Waals surface area contributed by atoms with Crippen LogP contribution in [-0.2, 0) is 9.53 Å². The summed E-state index contributed by atoms with van der Waals surface area (Å²) in [4.78, 5) is 12.0. The summed E-state index contributed by atoms with van der Waals surface area (Å²) < 4.78 is 18.4. The van der Waals surface area contributed by atoms with Gasteiger partial charge in [-0.2, -0.15) is 0 Å². The normalized spacial score (nSPS) is 14.3. The van der Waals surface area contributed by atoms with Crippen LogP contribution in [0.25, 0.3) is 0 Å². The van der Waals surface area contributed by atoms with Crippen LogP contribution in [0.15, 0.2) is 0 Å². The Hall–Kier alpha value is -0.250. The molecule has 0 aromatic heterocycles. The minimum Gasteiger partial charge on any atom is -0.465 e. The molecule has 0 spiro atoms. The first-order chi connectivity index (χ1) is 9.51. The largest absolute Gasteiger partial charge is 0.465 e. The molecule has 0 saturated heterocycles. The van der Waals surface area contributed by atoms with E-state index in [4.69, 9.17) is 4.74 Å². The second kappa shape index (κ2) is 12.5. The van der Waals surface area contributed by atoms with Gasteiger partial charge in [0.25, 0.3) is 0 Å². The maximum Gasteiger partial charge on any atom is 0.319 e. The number of carbonyl (C=O) groups excluding carboxylic acids is 1. The second-order valence-electron chi connectivity index (χ2n) is 5.66. The molecule has 0 aliphatic rings. The first kappa shape index (κ1) is 19.8. The molecule has 4 heteroatoms. The number of ether oxygens (including phenoxy) is 1. The third-order valence-corrected chi connectivity index (χ3v) is 4.43. The SMILES string of the molecule is CCCCOC(=O)C(CC(C)C)SCCCC(F)CC. The average Bonchev–Trinajstić information content (AvgIpc) is 2.41. The summed E-state index contributed by atoms with van der Waals surface area (Å²) in [6, 6.07) is 0. The van der Waals surface area contributed by atoms with E-state index < -0.39 is 6.17 Å². The number of esters is 1. The zero-order valence-electron chi connectivity index (χ0n) is 13.5. The van der Waals surface area contributed by atoms with Gasteiger partial charge in [0.1, 0.15) is 5.25 Å². The third kappa shape index (κ3) is 10.5. The van der Waals surface area contributed by atoms with Crippen LogP contribution in [0.4, 0.5) is 4.39 Å². The average molecular weight is 306 g/mol. The van der Waals surface area contributed by atoms with E-state index in [1.807, 2.05) is 6.92 Å². The molecule has 0 aromatic rings. The van der Waals surface area contributed by atoms with Crippen molar-refractivity contribution >= 4 is 17.7 Å². The van der Waals surface area contributed by atoms with Crippen molar-refractivity contribution in [3.63, 3.8) is 0 Å². The Morgan fingerprint density at radius 1 is 1.25 bits per heavy atom. The molecule has 0 saturated carbocycles. The van der Waals surface area contributed by atoms with Gasteiger partial charge >= 0.3 is 5.97 Å². The fraction of sp³-hybridized carbons (Fsp3) is 0.938. The molecule has 2 nitrogen and oxygen atoms in total. The monoisotopic (exact) mass is 306 g/mol. The summed E-state index contributed by atoms with van der Waals surface area (Å²) >= 11 is 1.63. The van der Waals surface area contributed by atoms with E-state index in [9.17, 15) is 9.18 Å². The molecule has 0 radical (unpaired) electrons. The minimum atomic E-state index is -0.698. The van der Waals surface area contributed by atoms with Gasteiger partial charge in [-0.05, 0) is 43.8 Å². The van der Waals surface area contributed by atoms with Crippen LogP contribution in [0, 0.1) is 5.92 Å². The molecule has 0 amide bonds. The Morgan fingerprint density at radius 3 is 2.50 bits per heavy atom. The fourth-order valence-corrected chi connectivity index (χ4v) is 3.15. The van der Waals surface area contributed by atoms with Crippen molar-refractivity contribution in [2.24, 2.45) is 5.92 Å². The van der Waals surface area contributed by atoms with Crippen LogP contribution in [0.1, 0.15) is 66.2 Å². The Labute approximate surface area is 128 Å². The van der Waals surface area contributed by atoms with Crippen LogP contribution in [0.3, 0.4) is 0 Å². The molecule has 0 heterocycles. The van der Waals surface area contributed by atoms with Gasteiger partial charge in [-0.3, -0.25) is 4.79 Å². The lowest BCUT2D eigenvalue weighted by Gasteiger charge is -2.17. The van der Waals surface area contributed by atoms with E-state index in [1.54, 1.807) is 11.8 Å². The van der Waals surface area contributed by atoms with E-state index >= 15 is 0 Å². The predicted molar refractivity (Wildman–Crippen MR) is 86.0 cm³/mol. The molecule has 0 aliphatic carbocycles. The smallest absolute Gasteiger partial charge is 0.319 e. The lowest BCUT2D eigenvalue weighted by Crippen LogP contribution is -2.23. The van der Waals surface area contributed by atoms with Crippen molar-refractivity contribution in [2.45, 2.75) is 77.6 Å². The number of hydrogen-bond acceptors (Lipinski definition) is 3. The number of rotatable bonds is 12. The summed E-state index contributed by atoms with van der Waals surface area (Å²) in [5.74, 6) is 1.21. The Bertz CT molecular complexity index is 247. The van der Waals surface area contributed by atoms with E-state index in [0.29, 0.717) is 25.4 Å². The molecule has 0 N–H and O–H groups in total. The van der Waals surface area contributed by atoms with Crippen LogP contribution in [0.5, 0.6) is 0 Å². The van der Waals surface area contributed by atoms with E-state index in [-0.39, 0.29) is 11.2 Å². The molecule has 2 unspecified atom stereocenters. The Morgan fingerprint density at radius 2 is 1.95 bits per heavy atom. The van der Waals surface area contributed by atoms with Crippen molar-refractivity contribution in [3.8, 4) is 0 Å². The molecule has 0 aromatic carbocycles. The number of halogens is 1. The topological polar surface area (TPSA) is 26.3 Å². The predicted octanol–water partition coefficient (Wildman–Crippen LogP) is 5.01. The zero-order valence-corrected chi connectivity index (χ0v) is 14.3. The van der Waals surface area contributed by atoms with Crippen molar-refractivity contribution in [3.05, 3.63) is 0 Å². The Balaban J connectivity index is 4.03. The number of alkyl halides is 1. The van der Waals surface area contributed by atoms with E-state index in [2.05, 4.69) is 20.8 Å². The summed E-state index contributed by atoms with van der Waals surface area (Å²) in [5.41, 5.74) is 0. The van der Waals surface area contributed by atoms with Gasteiger partial charge in [-0.25, -0.2) is 4.39 Å². The summed E-state index contributed by atoms with van der Waals surface area (Å²) in [7, 11) is 0. The lowest BCUT2D eigenvalue weighted by molar-refractivity contribution is -0.143. The molecule has 0 bridgehead atoms. The third-order valence-electron chi connectivity index (χ3n) is 3.11. The quantitative estimate of drug-likeness (QED) is 0.375. The van der Waals surface area contributed by atoms with Crippen LogP contribution in [-0.4, -0.2) is 29.8 Å². The maximum absolute atomic E-state index is 13.1. The van der Waals surface area contributed by atoms with Crippen molar-refractivity contribution in [1.82, 2.24) is 0 Å². The van der Waals surface area contributed by atoms with Crippen LogP contribution < -0.4 is 0 Å². The fourth-order valence-electron chi connectivity index (χ4n) is 1.81. The first-order valence-corrected chi connectivity index (χ1v) is 8.98. The highest BCUT2D eigenvalue weighted by molar-refractivity contribution is 8.00. The highest BCUT2D eigenvalue weighted by Crippen LogP contribution is 2.23. The molecule has 0 aliphatic heterocycles. The van der Waals surface area contributed by atoms with Gasteiger partial charge in [0.05, 0.1) is 12.8 Å². The molecular formula is C16H31FO2S. The molecule has 0 rings (SSSR count). The van der Waals surface area contributed by atoms with Crippen LogP contribution >= 0.6 is 11.8 Å². The van der Waals surface area contributed by atoms with Crippen molar-refractivity contribution < 1.29 is 13.9 Å². The number of hydrogen-bond donors (Lipinski definition) is 0. The minimum absolute atomic E-state index is 0.0912. The van der Waals surface area contributed by atoms with E-state index in [0.717, 1.165) is 31.4 Å². The Kier molecular flexibility index (Phi) is 12.3.